The Bertz CT molecular complexity index is 4530. The fourth-order valence-electron chi connectivity index (χ4n) is 14.2. The number of alkyl halides is 3. The van der Waals surface area contributed by atoms with Gasteiger partial charge in [0.05, 0.1) is 82.2 Å². The number of hydrogen-bond acceptors (Lipinski definition) is 22. The highest BCUT2D eigenvalue weighted by atomic mass is 32.2. The minimum absolute atomic E-state index is 0.0160. The highest BCUT2D eigenvalue weighted by molar-refractivity contribution is 7.91. The van der Waals surface area contributed by atoms with Crippen molar-refractivity contribution in [3.8, 4) is 33.4 Å². The van der Waals surface area contributed by atoms with Gasteiger partial charge in [0.15, 0.2) is 19.7 Å². The molecule has 30 heteroatoms. The number of sulfone groups is 2. The van der Waals surface area contributed by atoms with Gasteiger partial charge in [-0.05, 0) is 146 Å². The van der Waals surface area contributed by atoms with Crippen LogP contribution in [0.15, 0.2) is 102 Å². The van der Waals surface area contributed by atoms with Gasteiger partial charge in [0, 0.05) is 171 Å². The maximum Gasteiger partial charge on any atom is 0.389 e. The zero-order valence-corrected chi connectivity index (χ0v) is 60.8. The van der Waals surface area contributed by atoms with Gasteiger partial charge in [-0.25, -0.2) is 50.3 Å². The second kappa shape index (κ2) is 32.9. The lowest BCUT2D eigenvalue weighted by atomic mass is 9.85. The fraction of sp³-hybridized carbons (Fsp3) is 0.542. The van der Waals surface area contributed by atoms with E-state index in [1.165, 1.54) is 25.0 Å². The molecule has 550 valence electrons. The van der Waals surface area contributed by atoms with Crippen LogP contribution in [-0.4, -0.2) is 205 Å². The van der Waals surface area contributed by atoms with E-state index in [1.807, 2.05) is 34.4 Å². The molecule has 3 saturated carbocycles. The zero-order valence-electron chi connectivity index (χ0n) is 59.2. The van der Waals surface area contributed by atoms with E-state index in [9.17, 15) is 45.3 Å². The number of methoxy groups -OCH3 is 2. The van der Waals surface area contributed by atoms with Crippen LogP contribution in [0.3, 0.4) is 0 Å². The molecule has 9 aromatic heterocycles. The second-order valence-electron chi connectivity index (χ2n) is 28.0. The molecule has 0 aromatic carbocycles. The Labute approximate surface area is 593 Å². The third kappa shape index (κ3) is 18.6. The van der Waals surface area contributed by atoms with Crippen molar-refractivity contribution in [2.75, 3.05) is 88.2 Å². The first-order valence-corrected chi connectivity index (χ1v) is 38.8. The van der Waals surface area contributed by atoms with E-state index in [0.29, 0.717) is 71.9 Å². The molecule has 0 bridgehead atoms. The molecule has 25 nitrogen and oxygen atoms in total. The van der Waals surface area contributed by atoms with E-state index in [-0.39, 0.29) is 64.2 Å². The largest absolute Gasteiger partial charge is 0.393 e. The van der Waals surface area contributed by atoms with Crippen molar-refractivity contribution < 1.29 is 54.8 Å². The molecule has 3 atom stereocenters. The fourth-order valence-corrected chi connectivity index (χ4v) is 15.7. The number of aliphatic hydroxyl groups excluding tert-OH is 3. The Hall–Kier alpha value is -7.84. The molecule has 4 fully saturated rings. The summed E-state index contributed by atoms with van der Waals surface area (Å²) in [5, 5.41) is 50.8. The second-order valence-corrected chi connectivity index (χ2v) is 32.3. The smallest absolute Gasteiger partial charge is 0.389 e. The Balaban J connectivity index is 0.000000154. The highest BCUT2D eigenvalue weighted by Gasteiger charge is 2.33. The maximum absolute atomic E-state index is 12.8. The molecule has 1 aliphatic heterocycles. The van der Waals surface area contributed by atoms with Gasteiger partial charge in [-0.3, -0.25) is 9.97 Å². The predicted octanol–water partition coefficient (Wildman–Crippen LogP) is 10.4. The van der Waals surface area contributed by atoms with Crippen LogP contribution in [0.2, 0.25) is 0 Å². The number of aliphatic hydroxyl groups is 3. The van der Waals surface area contributed by atoms with E-state index in [4.69, 9.17) is 24.7 Å². The molecular weight excluding hydrogens is 1350 g/mol. The molecule has 0 spiro atoms. The van der Waals surface area contributed by atoms with Gasteiger partial charge in [-0.2, -0.15) is 18.3 Å². The number of pyridine rings is 3. The molecule has 0 radical (unpaired) electrons. The Morgan fingerprint density at radius 1 is 0.549 bits per heavy atom. The first kappa shape index (κ1) is 75.3. The van der Waals surface area contributed by atoms with E-state index in [0.717, 1.165) is 142 Å². The van der Waals surface area contributed by atoms with Gasteiger partial charge in [0.2, 0.25) is 11.9 Å². The summed E-state index contributed by atoms with van der Waals surface area (Å²) in [6.07, 6.45) is 18.0. The summed E-state index contributed by atoms with van der Waals surface area (Å²) in [5.74, 6) is 2.47. The van der Waals surface area contributed by atoms with E-state index in [1.54, 1.807) is 62.6 Å². The molecule has 0 unspecified atom stereocenters. The number of nitrogens with one attached hydrogen (secondary N) is 2. The minimum atomic E-state index is -4.25. The molecule has 9 aromatic rings. The average molecular weight is 1450 g/mol. The lowest BCUT2D eigenvalue weighted by Crippen LogP contribution is -2.44. The van der Waals surface area contributed by atoms with Gasteiger partial charge < -0.3 is 45.2 Å². The monoisotopic (exact) mass is 1450 g/mol. The summed E-state index contributed by atoms with van der Waals surface area (Å²) in [4.78, 5) is 31.5. The molecule has 4 aliphatic rings. The van der Waals surface area contributed by atoms with E-state index >= 15 is 0 Å². The maximum atomic E-state index is 12.8. The number of anilines is 3. The highest BCUT2D eigenvalue weighted by Crippen LogP contribution is 2.42. The third-order valence-electron chi connectivity index (χ3n) is 19.8. The topological polar surface area (TPSA) is 307 Å². The molecule has 102 heavy (non-hydrogen) atoms. The van der Waals surface area contributed by atoms with Crippen molar-refractivity contribution in [2.45, 2.75) is 182 Å². The third-order valence-corrected chi connectivity index (χ3v) is 22.6. The van der Waals surface area contributed by atoms with Crippen LogP contribution < -0.4 is 15.5 Å². The molecular formula is C72H95F3N16O9S2. The minimum Gasteiger partial charge on any atom is -0.393 e. The van der Waals surface area contributed by atoms with Gasteiger partial charge >= 0.3 is 6.18 Å². The predicted molar refractivity (Wildman–Crippen MR) is 384 cm³/mol. The quantitative estimate of drug-likeness (QED) is 0.0446. The van der Waals surface area contributed by atoms with Crippen LogP contribution in [-0.2, 0) is 35.6 Å². The van der Waals surface area contributed by atoms with Crippen LogP contribution in [0.4, 0.5) is 30.9 Å². The Morgan fingerprint density at radius 2 is 0.980 bits per heavy atom. The number of rotatable bonds is 21. The number of likely N-dealkylation sites (N-methyl/N-ethyl adjacent to an activating group) is 1. The molecule has 0 amide bonds. The molecule has 3 aliphatic carbocycles. The van der Waals surface area contributed by atoms with Crippen LogP contribution in [0.5, 0.6) is 0 Å². The summed E-state index contributed by atoms with van der Waals surface area (Å²) in [5.41, 5.74) is 10.5. The Morgan fingerprint density at radius 3 is 1.40 bits per heavy atom. The Kier molecular flexibility index (Phi) is 24.3. The first-order valence-electron chi connectivity index (χ1n) is 35.2. The van der Waals surface area contributed by atoms with E-state index in [2.05, 4.69) is 88.7 Å². The van der Waals surface area contributed by atoms with E-state index < -0.39 is 38.2 Å². The normalized spacial score (nSPS) is 21.1. The SMILES string of the molecule is CCS(=O)(=O)c1cncc(-c2cc(C3CCC(O)CC3)n3nc(N[C@@H](C)COC)ncc23)c1.COC[C@H](C)Nc1ncc2c(-c3ccc(N4CCN(C)CC4)nc3)cc(C3CCC(O)CC3)n2n1.C[C@H](Cc1ncc2c(-c3cncc(S(C)(=O)=O)c3)cc(C3CCC(O)CC3)n2n1)CC(F)(F)F. The number of piperazine rings is 1. The van der Waals surface area contributed by atoms with Crippen molar-refractivity contribution in [2.24, 2.45) is 5.92 Å². The van der Waals surface area contributed by atoms with Crippen molar-refractivity contribution in [1.82, 2.24) is 63.6 Å². The van der Waals surface area contributed by atoms with Crippen molar-refractivity contribution in [3.63, 3.8) is 0 Å². The summed E-state index contributed by atoms with van der Waals surface area (Å²) in [6, 6.07) is 13.9. The average Bonchev–Trinajstić information content (AvgIpc) is 1.63. The number of nitrogens with zero attached hydrogens (tertiary/aromatic N) is 14. The standard InChI is InChI=1S/C26H37N7O2.C23H27F3N4O3S.C23H31N5O4S/c1-18(17-35-3)29-26-28-16-24-22(14-23(33(24)30-26)19-4-7-21(34)8-5-19)20-6-9-25(27-15-20)32-12-10-31(2)11-13-32;1-14(10-23(24,25)26)7-22-28-13-21-19(16-8-18(12-27-11-16)34(2,32)33)9-20(30(21)29-22)15-3-5-17(31)6-4-15;1-4-33(30,31)19-9-17(11-24-12-19)20-10-21(16-5-7-18(29)8-6-16)28-22(20)13-25-23(27-28)26-15(2)14-32-3/h6,9,14-16,18-19,21,34H,4-5,7-8,10-13,17H2,1-3H3,(H,29,30);8-9,11-15,17,31H,3-7,10H2,1-2H3;9-13,15-16,18,29H,4-8,14H2,1-3H3,(H,26,27)/t18-,19?,21?;14-,15?,17?;15-,16?,18?/m010/s1. The van der Waals surface area contributed by atoms with Crippen LogP contribution in [0.1, 0.15) is 152 Å². The summed E-state index contributed by atoms with van der Waals surface area (Å²) >= 11 is 0. The molecule has 13 rings (SSSR count). The van der Waals surface area contributed by atoms with Gasteiger partial charge in [0.1, 0.15) is 11.6 Å². The van der Waals surface area contributed by atoms with Gasteiger partial charge in [-0.1, -0.05) is 13.8 Å². The van der Waals surface area contributed by atoms with Crippen LogP contribution in [0.25, 0.3) is 49.9 Å². The molecule has 10 heterocycles. The summed E-state index contributed by atoms with van der Waals surface area (Å²) in [6.45, 7) is 12.4. The number of ether oxygens (including phenoxy) is 2. The summed E-state index contributed by atoms with van der Waals surface area (Å²) < 4.78 is 103. The number of aromatic nitrogens is 12. The van der Waals surface area contributed by atoms with Crippen LogP contribution >= 0.6 is 0 Å². The number of fused-ring (bicyclic) bond motifs is 3. The first-order chi connectivity index (χ1) is 48.7. The van der Waals surface area contributed by atoms with Crippen molar-refractivity contribution >= 4 is 53.9 Å². The number of hydrogen-bond donors (Lipinski definition) is 5. The molecule has 5 N–H and O–H groups in total. The van der Waals surface area contributed by atoms with Crippen molar-refractivity contribution in [1.29, 1.82) is 0 Å². The van der Waals surface area contributed by atoms with Crippen molar-refractivity contribution in [3.05, 3.63) is 115 Å². The van der Waals surface area contributed by atoms with Gasteiger partial charge in [0.25, 0.3) is 0 Å². The summed E-state index contributed by atoms with van der Waals surface area (Å²) in [7, 11) is -1.33. The lowest BCUT2D eigenvalue weighted by Gasteiger charge is -2.33. The molecule has 1 saturated heterocycles. The lowest BCUT2D eigenvalue weighted by molar-refractivity contribution is -0.143. The van der Waals surface area contributed by atoms with Gasteiger partial charge in [-0.15, -0.1) is 10.2 Å². The zero-order chi connectivity index (χ0) is 72.6. The van der Waals surface area contributed by atoms with Crippen LogP contribution in [0, 0.1) is 5.92 Å². The number of halogens is 3.